The number of esters is 1. The minimum absolute atomic E-state index is 0.228. The number of hydrogen-bond acceptors (Lipinski definition) is 5. The first-order valence-corrected chi connectivity index (χ1v) is 11.1. The third-order valence-electron chi connectivity index (χ3n) is 4.29. The number of hydrogen-bond donors (Lipinski definition) is 0. The van der Waals surface area contributed by atoms with Crippen molar-refractivity contribution in [3.63, 3.8) is 0 Å². The molecule has 7 heteroatoms. The van der Waals surface area contributed by atoms with Gasteiger partial charge in [-0.05, 0) is 30.7 Å². The maximum atomic E-state index is 12.8. The molecule has 0 aliphatic carbocycles. The number of benzene rings is 2. The van der Waals surface area contributed by atoms with Crippen LogP contribution in [0.2, 0.25) is 0 Å². The van der Waals surface area contributed by atoms with Crippen LogP contribution in [0.4, 0.5) is 5.69 Å². The number of fused-ring (bicyclic) bond motifs is 1. The summed E-state index contributed by atoms with van der Waals surface area (Å²) in [5.41, 5.74) is 1.08. The van der Waals surface area contributed by atoms with Gasteiger partial charge in [-0.2, -0.15) is 0 Å². The lowest BCUT2D eigenvalue weighted by atomic mass is 10.2. The molecule has 142 valence electrons. The maximum absolute atomic E-state index is 12.8. The van der Waals surface area contributed by atoms with Crippen molar-refractivity contribution in [1.29, 1.82) is 0 Å². The van der Waals surface area contributed by atoms with Crippen LogP contribution in [-0.2, 0) is 20.3 Å². The first-order valence-electron chi connectivity index (χ1n) is 8.63. The highest BCUT2D eigenvalue weighted by atomic mass is 32.2. The van der Waals surface area contributed by atoms with Gasteiger partial charge < -0.3 is 9.64 Å². The van der Waals surface area contributed by atoms with Gasteiger partial charge in [0.15, 0.2) is 6.61 Å². The molecule has 1 amide bonds. The number of amides is 1. The molecule has 0 saturated heterocycles. The van der Waals surface area contributed by atoms with E-state index in [-0.39, 0.29) is 18.1 Å². The molecule has 0 spiro atoms. The molecule has 1 aliphatic heterocycles. The first-order chi connectivity index (χ1) is 13.0. The van der Waals surface area contributed by atoms with Gasteiger partial charge in [0.1, 0.15) is 0 Å². The van der Waals surface area contributed by atoms with Crippen LogP contribution in [0, 0.1) is 0 Å². The Balaban J connectivity index is 1.73. The SMILES string of the molecule is C[C@H]1CCN(C(=O)COC(=O)c2ccccc2[S@](C)=O)c2ccccc2S1. The Morgan fingerprint density at radius 1 is 1.19 bits per heavy atom. The molecule has 1 aliphatic rings. The van der Waals surface area contributed by atoms with E-state index < -0.39 is 16.8 Å². The van der Waals surface area contributed by atoms with E-state index in [0.29, 0.717) is 16.7 Å². The van der Waals surface area contributed by atoms with Crippen LogP contribution in [0.25, 0.3) is 0 Å². The number of carbonyl (C=O) groups excluding carboxylic acids is 2. The van der Waals surface area contributed by atoms with Gasteiger partial charge in [-0.15, -0.1) is 11.8 Å². The summed E-state index contributed by atoms with van der Waals surface area (Å²) in [5, 5.41) is 0.401. The number of thioether (sulfide) groups is 1. The minimum Gasteiger partial charge on any atom is -0.452 e. The number of carbonyl (C=O) groups is 2. The summed E-state index contributed by atoms with van der Waals surface area (Å²) in [6.07, 6.45) is 2.36. The highest BCUT2D eigenvalue weighted by molar-refractivity contribution is 8.00. The predicted molar refractivity (Wildman–Crippen MR) is 108 cm³/mol. The fraction of sp³-hybridized carbons (Fsp3) is 0.300. The second-order valence-electron chi connectivity index (χ2n) is 6.26. The van der Waals surface area contributed by atoms with Gasteiger partial charge >= 0.3 is 5.97 Å². The molecule has 2 aromatic rings. The first kappa shape index (κ1) is 19.6. The molecule has 2 aromatic carbocycles. The molecular weight excluding hydrogens is 382 g/mol. The van der Waals surface area contributed by atoms with Gasteiger partial charge in [0, 0.05) is 22.9 Å². The molecule has 1 heterocycles. The number of nitrogens with zero attached hydrogens (tertiary/aromatic N) is 1. The summed E-state index contributed by atoms with van der Waals surface area (Å²) in [4.78, 5) is 28.3. The third-order valence-corrected chi connectivity index (χ3v) is 6.50. The Labute approximate surface area is 165 Å². The summed E-state index contributed by atoms with van der Waals surface area (Å²) in [6.45, 7) is 2.37. The van der Waals surface area contributed by atoms with Crippen molar-refractivity contribution in [3.8, 4) is 0 Å². The lowest BCUT2D eigenvalue weighted by Gasteiger charge is -2.22. The van der Waals surface area contributed by atoms with Crippen molar-refractivity contribution in [2.75, 3.05) is 24.3 Å². The Morgan fingerprint density at radius 2 is 1.89 bits per heavy atom. The molecule has 0 saturated carbocycles. The fourth-order valence-corrected chi connectivity index (χ4v) is 4.76. The van der Waals surface area contributed by atoms with Crippen molar-refractivity contribution in [3.05, 3.63) is 54.1 Å². The second kappa shape index (κ2) is 8.71. The van der Waals surface area contributed by atoms with Gasteiger partial charge in [-0.1, -0.05) is 31.2 Å². The van der Waals surface area contributed by atoms with Crippen LogP contribution in [0.15, 0.2) is 58.3 Å². The van der Waals surface area contributed by atoms with E-state index in [2.05, 4.69) is 6.92 Å². The van der Waals surface area contributed by atoms with Crippen LogP contribution in [0.1, 0.15) is 23.7 Å². The van der Waals surface area contributed by atoms with Crippen molar-refractivity contribution in [2.24, 2.45) is 0 Å². The summed E-state index contributed by atoms with van der Waals surface area (Å²) in [5.74, 6) is -0.902. The Kier molecular flexibility index (Phi) is 6.34. The Morgan fingerprint density at radius 3 is 2.67 bits per heavy atom. The predicted octanol–water partition coefficient (Wildman–Crippen LogP) is 3.50. The quantitative estimate of drug-likeness (QED) is 0.731. The molecule has 3 rings (SSSR count). The molecule has 0 N–H and O–H groups in total. The molecule has 0 radical (unpaired) electrons. The molecule has 2 atom stereocenters. The van der Waals surface area contributed by atoms with E-state index >= 15 is 0 Å². The zero-order chi connectivity index (χ0) is 19.4. The monoisotopic (exact) mass is 403 g/mol. The number of ether oxygens (including phenoxy) is 1. The summed E-state index contributed by atoms with van der Waals surface area (Å²) >= 11 is 1.74. The van der Waals surface area contributed by atoms with Crippen molar-refractivity contribution in [2.45, 2.75) is 28.4 Å². The molecule has 0 unspecified atom stereocenters. The van der Waals surface area contributed by atoms with Crippen LogP contribution in [-0.4, -0.2) is 40.7 Å². The van der Waals surface area contributed by atoms with Crippen molar-refractivity contribution in [1.82, 2.24) is 0 Å². The lowest BCUT2D eigenvalue weighted by Crippen LogP contribution is -2.35. The summed E-state index contributed by atoms with van der Waals surface area (Å²) < 4.78 is 17.0. The molecule has 27 heavy (non-hydrogen) atoms. The lowest BCUT2D eigenvalue weighted by molar-refractivity contribution is -0.121. The average Bonchev–Trinajstić information content (AvgIpc) is 2.84. The van der Waals surface area contributed by atoms with Crippen LogP contribution >= 0.6 is 11.8 Å². The molecular formula is C20H21NO4S2. The maximum Gasteiger partial charge on any atom is 0.339 e. The molecule has 5 nitrogen and oxygen atoms in total. The summed E-state index contributed by atoms with van der Waals surface area (Å²) in [7, 11) is -1.31. The van der Waals surface area contributed by atoms with Crippen molar-refractivity contribution >= 4 is 40.1 Å². The Bertz CT molecular complexity index is 884. The minimum atomic E-state index is -1.31. The van der Waals surface area contributed by atoms with Gasteiger partial charge in [-0.3, -0.25) is 9.00 Å². The van der Waals surface area contributed by atoms with Gasteiger partial charge in [0.25, 0.3) is 5.91 Å². The second-order valence-corrected chi connectivity index (χ2v) is 9.09. The zero-order valence-electron chi connectivity index (χ0n) is 15.2. The average molecular weight is 404 g/mol. The van der Waals surface area contributed by atoms with E-state index in [9.17, 15) is 13.8 Å². The molecule has 0 aromatic heterocycles. The topological polar surface area (TPSA) is 63.7 Å². The van der Waals surface area contributed by atoms with Crippen LogP contribution in [0.3, 0.4) is 0 Å². The standard InChI is InChI=1S/C20H21NO4S2/c1-14-11-12-21(16-8-4-5-9-17(16)26-14)19(22)13-25-20(23)15-7-3-6-10-18(15)27(2)24/h3-10,14H,11-13H2,1-2H3/t14-,27-/m0/s1. The zero-order valence-corrected chi connectivity index (χ0v) is 16.8. The third kappa shape index (κ3) is 4.59. The van der Waals surface area contributed by atoms with E-state index in [1.165, 1.54) is 6.26 Å². The highest BCUT2D eigenvalue weighted by Gasteiger charge is 2.25. The fourth-order valence-electron chi connectivity index (χ4n) is 2.91. The van der Waals surface area contributed by atoms with Crippen LogP contribution in [0.5, 0.6) is 0 Å². The van der Waals surface area contributed by atoms with Gasteiger partial charge in [0.05, 0.1) is 26.9 Å². The Hall–Kier alpha value is -2.12. The van der Waals surface area contributed by atoms with E-state index in [1.807, 2.05) is 24.3 Å². The van der Waals surface area contributed by atoms with Crippen molar-refractivity contribution < 1.29 is 18.5 Å². The van der Waals surface area contributed by atoms with E-state index in [1.54, 1.807) is 40.9 Å². The highest BCUT2D eigenvalue weighted by Crippen LogP contribution is 2.37. The van der Waals surface area contributed by atoms with E-state index in [4.69, 9.17) is 4.74 Å². The van der Waals surface area contributed by atoms with Gasteiger partial charge in [-0.25, -0.2) is 4.79 Å². The number of para-hydroxylation sites is 1. The number of rotatable bonds is 4. The number of anilines is 1. The largest absolute Gasteiger partial charge is 0.452 e. The normalized spacial score (nSPS) is 17.6. The molecule has 0 bridgehead atoms. The van der Waals surface area contributed by atoms with E-state index in [0.717, 1.165) is 17.0 Å². The van der Waals surface area contributed by atoms with Crippen LogP contribution < -0.4 is 4.90 Å². The smallest absolute Gasteiger partial charge is 0.339 e. The van der Waals surface area contributed by atoms with Gasteiger partial charge in [0.2, 0.25) is 0 Å². The molecule has 0 fully saturated rings. The summed E-state index contributed by atoms with van der Waals surface area (Å²) in [6, 6.07) is 14.3.